The van der Waals surface area contributed by atoms with Gasteiger partial charge in [0.2, 0.25) is 5.82 Å². The molecular formula is C14H13N5. The van der Waals surface area contributed by atoms with Crippen LogP contribution in [0.2, 0.25) is 0 Å². The minimum absolute atomic E-state index is 0.0575. The molecule has 0 aliphatic carbocycles. The molecule has 0 fully saturated rings. The molecule has 5 nitrogen and oxygen atoms in total. The zero-order valence-corrected chi connectivity index (χ0v) is 10.6. The van der Waals surface area contributed by atoms with E-state index in [1.54, 1.807) is 12.2 Å². The number of allylic oxidation sites excluding steroid dienone is 2. The number of nitrogens with zero attached hydrogens (tertiary/aromatic N) is 5. The molecule has 0 aliphatic rings. The van der Waals surface area contributed by atoms with Gasteiger partial charge in [0.15, 0.2) is 0 Å². The Balaban J connectivity index is 2.33. The SMILES string of the molecule is C=CC(C)n1nnc(/C(C#N)=C/c2ccccc2)n1. The van der Waals surface area contributed by atoms with Crippen molar-refractivity contribution in [2.45, 2.75) is 13.0 Å². The molecular weight excluding hydrogens is 238 g/mol. The van der Waals surface area contributed by atoms with Crippen molar-refractivity contribution in [2.75, 3.05) is 0 Å². The lowest BCUT2D eigenvalue weighted by molar-refractivity contribution is 0.492. The Morgan fingerprint density at radius 3 is 2.79 bits per heavy atom. The normalized spacial score (nSPS) is 12.7. The highest BCUT2D eigenvalue weighted by molar-refractivity contribution is 5.86. The first-order valence-electron chi connectivity index (χ1n) is 5.84. The van der Waals surface area contributed by atoms with Crippen molar-refractivity contribution in [3.63, 3.8) is 0 Å². The van der Waals surface area contributed by atoms with E-state index in [4.69, 9.17) is 0 Å². The van der Waals surface area contributed by atoms with Crippen LogP contribution in [0.4, 0.5) is 0 Å². The van der Waals surface area contributed by atoms with Gasteiger partial charge in [-0.3, -0.25) is 0 Å². The third-order valence-electron chi connectivity index (χ3n) is 2.61. The number of nitriles is 1. The van der Waals surface area contributed by atoms with Crippen LogP contribution in [0.3, 0.4) is 0 Å². The zero-order valence-electron chi connectivity index (χ0n) is 10.6. The smallest absolute Gasteiger partial charge is 0.192 e. The molecule has 2 rings (SSSR count). The molecule has 1 atom stereocenters. The summed E-state index contributed by atoms with van der Waals surface area (Å²) in [6.07, 6.45) is 3.44. The number of benzene rings is 1. The van der Waals surface area contributed by atoms with Crippen LogP contribution in [-0.4, -0.2) is 20.2 Å². The van der Waals surface area contributed by atoms with Gasteiger partial charge >= 0.3 is 0 Å². The van der Waals surface area contributed by atoms with Crippen molar-refractivity contribution in [1.82, 2.24) is 20.2 Å². The first-order valence-corrected chi connectivity index (χ1v) is 5.84. The summed E-state index contributed by atoms with van der Waals surface area (Å²) in [5.41, 5.74) is 1.31. The highest BCUT2D eigenvalue weighted by Gasteiger charge is 2.10. The van der Waals surface area contributed by atoms with Crippen LogP contribution in [0.1, 0.15) is 24.4 Å². The van der Waals surface area contributed by atoms with Crippen LogP contribution in [0, 0.1) is 11.3 Å². The number of tetrazole rings is 1. The van der Waals surface area contributed by atoms with Crippen LogP contribution < -0.4 is 0 Å². The van der Waals surface area contributed by atoms with Gasteiger partial charge < -0.3 is 0 Å². The average molecular weight is 251 g/mol. The summed E-state index contributed by atoms with van der Waals surface area (Å²) in [4.78, 5) is 1.43. The van der Waals surface area contributed by atoms with Gasteiger partial charge in [-0.1, -0.05) is 36.4 Å². The molecule has 0 bridgehead atoms. The zero-order chi connectivity index (χ0) is 13.7. The minimum atomic E-state index is -0.0575. The summed E-state index contributed by atoms with van der Waals surface area (Å²) in [5, 5.41) is 21.2. The highest BCUT2D eigenvalue weighted by atomic mass is 15.6. The molecule has 0 saturated heterocycles. The van der Waals surface area contributed by atoms with E-state index in [0.29, 0.717) is 11.4 Å². The lowest BCUT2D eigenvalue weighted by Crippen LogP contribution is -2.06. The average Bonchev–Trinajstić information content (AvgIpc) is 2.94. The van der Waals surface area contributed by atoms with E-state index in [-0.39, 0.29) is 6.04 Å². The number of hydrogen-bond acceptors (Lipinski definition) is 4. The minimum Gasteiger partial charge on any atom is -0.192 e. The molecule has 1 aromatic heterocycles. The van der Waals surface area contributed by atoms with Gasteiger partial charge in [0, 0.05) is 0 Å². The number of hydrogen-bond donors (Lipinski definition) is 0. The maximum Gasteiger partial charge on any atom is 0.215 e. The fourth-order valence-corrected chi connectivity index (χ4v) is 1.46. The van der Waals surface area contributed by atoms with Crippen LogP contribution in [0.5, 0.6) is 0 Å². The second-order valence-electron chi connectivity index (χ2n) is 3.99. The number of rotatable bonds is 4. The van der Waals surface area contributed by atoms with Gasteiger partial charge in [-0.05, 0) is 23.8 Å². The summed E-state index contributed by atoms with van der Waals surface area (Å²) in [6, 6.07) is 11.6. The molecule has 1 unspecified atom stereocenters. The van der Waals surface area contributed by atoms with Crippen molar-refractivity contribution >= 4 is 11.6 Å². The molecule has 1 aromatic carbocycles. The van der Waals surface area contributed by atoms with Crippen LogP contribution in [-0.2, 0) is 0 Å². The lowest BCUT2D eigenvalue weighted by Gasteiger charge is -2.00. The Bertz CT molecular complexity index is 633. The topological polar surface area (TPSA) is 67.4 Å². The third kappa shape index (κ3) is 2.93. The summed E-state index contributed by atoms with van der Waals surface area (Å²) < 4.78 is 0. The monoisotopic (exact) mass is 251 g/mol. The van der Waals surface area contributed by atoms with E-state index >= 15 is 0 Å². The lowest BCUT2D eigenvalue weighted by atomic mass is 10.1. The molecule has 5 heteroatoms. The maximum absolute atomic E-state index is 9.19. The second-order valence-corrected chi connectivity index (χ2v) is 3.99. The summed E-state index contributed by atoms with van der Waals surface area (Å²) in [5.74, 6) is 0.319. The van der Waals surface area contributed by atoms with Gasteiger partial charge in [-0.15, -0.1) is 16.8 Å². The molecule has 94 valence electrons. The molecule has 0 saturated carbocycles. The van der Waals surface area contributed by atoms with Crippen LogP contribution >= 0.6 is 0 Å². The molecule has 0 amide bonds. The predicted octanol–water partition coefficient (Wildman–Crippen LogP) is 2.48. The van der Waals surface area contributed by atoms with E-state index in [1.165, 1.54) is 4.80 Å². The Hall–Kier alpha value is -2.74. The van der Waals surface area contributed by atoms with Gasteiger partial charge in [-0.2, -0.15) is 10.1 Å². The largest absolute Gasteiger partial charge is 0.215 e. The molecule has 0 N–H and O–H groups in total. The van der Waals surface area contributed by atoms with E-state index < -0.39 is 0 Å². The maximum atomic E-state index is 9.19. The van der Waals surface area contributed by atoms with Crippen molar-refractivity contribution in [1.29, 1.82) is 5.26 Å². The van der Waals surface area contributed by atoms with Crippen molar-refractivity contribution in [2.24, 2.45) is 0 Å². The standard InChI is InChI=1S/C14H13N5/c1-3-11(2)19-17-14(16-18-19)13(10-15)9-12-7-5-4-6-8-12/h3-9,11H,1H2,2H3/b13-9+. The fraction of sp³-hybridized carbons (Fsp3) is 0.143. The van der Waals surface area contributed by atoms with E-state index in [2.05, 4.69) is 28.1 Å². The third-order valence-corrected chi connectivity index (χ3v) is 2.61. The second kappa shape index (κ2) is 5.74. The predicted molar refractivity (Wildman–Crippen MR) is 72.7 cm³/mol. The molecule has 19 heavy (non-hydrogen) atoms. The quantitative estimate of drug-likeness (QED) is 0.618. The van der Waals surface area contributed by atoms with E-state index in [9.17, 15) is 5.26 Å². The fourth-order valence-electron chi connectivity index (χ4n) is 1.46. The summed E-state index contributed by atoms with van der Waals surface area (Å²) in [6.45, 7) is 5.57. The van der Waals surface area contributed by atoms with Gasteiger partial charge in [0.25, 0.3) is 0 Å². The molecule has 1 heterocycles. The summed E-state index contributed by atoms with van der Waals surface area (Å²) in [7, 11) is 0. The Morgan fingerprint density at radius 1 is 1.42 bits per heavy atom. The van der Waals surface area contributed by atoms with Crippen LogP contribution in [0.15, 0.2) is 43.0 Å². The van der Waals surface area contributed by atoms with Crippen molar-refractivity contribution < 1.29 is 0 Å². The molecule has 2 aromatic rings. The van der Waals surface area contributed by atoms with Crippen molar-refractivity contribution in [3.8, 4) is 6.07 Å². The van der Waals surface area contributed by atoms with E-state index in [0.717, 1.165) is 5.56 Å². The van der Waals surface area contributed by atoms with Gasteiger partial charge in [0.1, 0.15) is 11.6 Å². The van der Waals surface area contributed by atoms with Gasteiger partial charge in [0.05, 0.1) is 6.04 Å². The molecule has 0 spiro atoms. The van der Waals surface area contributed by atoms with Gasteiger partial charge in [-0.25, -0.2) is 0 Å². The highest BCUT2D eigenvalue weighted by Crippen LogP contribution is 2.14. The van der Waals surface area contributed by atoms with Crippen LogP contribution in [0.25, 0.3) is 11.6 Å². The molecule has 0 radical (unpaired) electrons. The summed E-state index contributed by atoms with van der Waals surface area (Å²) >= 11 is 0. The van der Waals surface area contributed by atoms with E-state index in [1.807, 2.05) is 37.3 Å². The first kappa shape index (κ1) is 12.7. The first-order chi connectivity index (χ1) is 9.24. The van der Waals surface area contributed by atoms with Crippen molar-refractivity contribution in [3.05, 3.63) is 54.4 Å². The Labute approximate surface area is 111 Å². The Kier molecular flexibility index (Phi) is 3.84. The molecule has 0 aliphatic heterocycles. The Morgan fingerprint density at radius 2 is 2.16 bits per heavy atom. The number of aromatic nitrogens is 4.